The van der Waals surface area contributed by atoms with Crippen LogP contribution in [-0.4, -0.2) is 15.2 Å². The fourth-order valence-corrected chi connectivity index (χ4v) is 2.06. The van der Waals surface area contributed by atoms with E-state index in [4.69, 9.17) is 16.1 Å². The molecule has 3 rings (SSSR count). The number of halogens is 1. The number of rotatable bonds is 3. The molecule has 0 unspecified atom stereocenters. The van der Waals surface area contributed by atoms with Crippen molar-refractivity contribution in [1.29, 1.82) is 0 Å². The third kappa shape index (κ3) is 2.65. The largest absolute Gasteiger partial charge is 0.508 e. The smallest absolute Gasteiger partial charge is 0.257 e. The Labute approximate surface area is 120 Å². The fourth-order valence-electron chi connectivity index (χ4n) is 1.86. The van der Waals surface area contributed by atoms with Crippen molar-refractivity contribution in [3.8, 4) is 17.2 Å². The molecular formula is C15H11ClN2O2. The quantitative estimate of drug-likeness (QED) is 0.798. The minimum Gasteiger partial charge on any atom is -0.508 e. The average molecular weight is 287 g/mol. The molecule has 0 radical (unpaired) electrons. The van der Waals surface area contributed by atoms with Gasteiger partial charge in [-0.3, -0.25) is 0 Å². The van der Waals surface area contributed by atoms with E-state index in [-0.39, 0.29) is 5.75 Å². The Morgan fingerprint density at radius 1 is 1.05 bits per heavy atom. The third-order valence-corrected chi connectivity index (χ3v) is 3.26. The molecule has 0 saturated carbocycles. The molecule has 1 aromatic heterocycles. The van der Waals surface area contributed by atoms with Gasteiger partial charge < -0.3 is 9.63 Å². The Bertz CT molecular complexity index is 723. The maximum atomic E-state index is 9.25. The molecule has 0 amide bonds. The molecule has 0 fully saturated rings. The van der Waals surface area contributed by atoms with Crippen molar-refractivity contribution in [2.24, 2.45) is 0 Å². The van der Waals surface area contributed by atoms with E-state index >= 15 is 0 Å². The average Bonchev–Trinajstić information content (AvgIpc) is 2.91. The lowest BCUT2D eigenvalue weighted by atomic mass is 10.1. The van der Waals surface area contributed by atoms with Crippen molar-refractivity contribution < 1.29 is 9.63 Å². The van der Waals surface area contributed by atoms with Crippen LogP contribution in [0.4, 0.5) is 0 Å². The zero-order chi connectivity index (χ0) is 13.9. The Morgan fingerprint density at radius 3 is 2.55 bits per heavy atom. The van der Waals surface area contributed by atoms with Crippen LogP contribution in [0.3, 0.4) is 0 Å². The topological polar surface area (TPSA) is 59.2 Å². The molecule has 0 bridgehead atoms. The lowest BCUT2D eigenvalue weighted by Gasteiger charge is -1.98. The first-order chi connectivity index (χ1) is 9.72. The molecule has 1 N–H and O–H groups in total. The van der Waals surface area contributed by atoms with E-state index < -0.39 is 0 Å². The van der Waals surface area contributed by atoms with Gasteiger partial charge >= 0.3 is 0 Å². The van der Waals surface area contributed by atoms with E-state index in [1.165, 1.54) is 0 Å². The van der Waals surface area contributed by atoms with Crippen molar-refractivity contribution in [1.82, 2.24) is 10.1 Å². The molecular weight excluding hydrogens is 276 g/mol. The molecule has 0 aliphatic carbocycles. The molecule has 4 nitrogen and oxygen atoms in total. The van der Waals surface area contributed by atoms with Gasteiger partial charge in [-0.25, -0.2) is 0 Å². The Morgan fingerprint density at radius 2 is 1.80 bits per heavy atom. The van der Waals surface area contributed by atoms with E-state index in [2.05, 4.69) is 10.1 Å². The van der Waals surface area contributed by atoms with Crippen molar-refractivity contribution in [3.05, 3.63) is 64.9 Å². The SMILES string of the molecule is Oc1ccc(-c2nc(Cc3ccccc3Cl)no2)cc1. The molecule has 20 heavy (non-hydrogen) atoms. The highest BCUT2D eigenvalue weighted by Gasteiger charge is 2.10. The lowest BCUT2D eigenvalue weighted by molar-refractivity contribution is 0.423. The standard InChI is InChI=1S/C15H11ClN2O2/c16-13-4-2-1-3-11(13)9-14-17-15(20-18-14)10-5-7-12(19)8-6-10/h1-8,19H,9H2. The Balaban J connectivity index is 1.84. The second kappa shape index (κ2) is 5.35. The van der Waals surface area contributed by atoms with Crippen molar-refractivity contribution in [2.45, 2.75) is 6.42 Å². The second-order valence-electron chi connectivity index (χ2n) is 4.33. The molecule has 100 valence electrons. The van der Waals surface area contributed by atoms with Crippen LogP contribution in [0.1, 0.15) is 11.4 Å². The van der Waals surface area contributed by atoms with Crippen molar-refractivity contribution >= 4 is 11.6 Å². The van der Waals surface area contributed by atoms with Crippen LogP contribution in [0.15, 0.2) is 53.1 Å². The van der Waals surface area contributed by atoms with Gasteiger partial charge in [-0.1, -0.05) is 35.0 Å². The highest BCUT2D eigenvalue weighted by molar-refractivity contribution is 6.31. The van der Waals surface area contributed by atoms with E-state index in [0.29, 0.717) is 23.2 Å². The lowest BCUT2D eigenvalue weighted by Crippen LogP contribution is -1.91. The summed E-state index contributed by atoms with van der Waals surface area (Å²) in [5, 5.41) is 13.9. The second-order valence-corrected chi connectivity index (χ2v) is 4.74. The number of hydrogen-bond donors (Lipinski definition) is 1. The van der Waals surface area contributed by atoms with Crippen LogP contribution in [0.5, 0.6) is 5.75 Å². The van der Waals surface area contributed by atoms with Gasteiger partial charge in [0.1, 0.15) is 5.75 Å². The summed E-state index contributed by atoms with van der Waals surface area (Å²) in [5.41, 5.74) is 1.72. The molecule has 5 heteroatoms. The van der Waals surface area contributed by atoms with Crippen LogP contribution < -0.4 is 0 Å². The van der Waals surface area contributed by atoms with Crippen LogP contribution in [-0.2, 0) is 6.42 Å². The first-order valence-electron chi connectivity index (χ1n) is 6.08. The third-order valence-electron chi connectivity index (χ3n) is 2.89. The van der Waals surface area contributed by atoms with Gasteiger partial charge in [0, 0.05) is 17.0 Å². The number of phenols is 1. The summed E-state index contributed by atoms with van der Waals surface area (Å²) in [6.07, 6.45) is 0.515. The van der Waals surface area contributed by atoms with E-state index in [9.17, 15) is 5.11 Å². The Kier molecular flexibility index (Phi) is 3.39. The van der Waals surface area contributed by atoms with Crippen molar-refractivity contribution in [2.75, 3.05) is 0 Å². The van der Waals surface area contributed by atoms with Gasteiger partial charge in [-0.2, -0.15) is 4.98 Å². The van der Waals surface area contributed by atoms with Gasteiger partial charge in [0.2, 0.25) is 0 Å². The monoisotopic (exact) mass is 286 g/mol. The van der Waals surface area contributed by atoms with Crippen molar-refractivity contribution in [3.63, 3.8) is 0 Å². The normalized spacial score (nSPS) is 10.7. The Hall–Kier alpha value is -2.33. The predicted octanol–water partition coefficient (Wildman–Crippen LogP) is 3.69. The van der Waals surface area contributed by atoms with E-state index in [0.717, 1.165) is 11.1 Å². The zero-order valence-corrected chi connectivity index (χ0v) is 11.2. The zero-order valence-electron chi connectivity index (χ0n) is 10.5. The number of phenolic OH excluding ortho intramolecular Hbond substituents is 1. The maximum Gasteiger partial charge on any atom is 0.257 e. The van der Waals surface area contributed by atoms with Crippen LogP contribution in [0.25, 0.3) is 11.5 Å². The first kappa shape index (κ1) is 12.7. The number of aromatic hydroxyl groups is 1. The molecule has 1 heterocycles. The summed E-state index contributed by atoms with van der Waals surface area (Å²) in [5.74, 6) is 1.19. The summed E-state index contributed by atoms with van der Waals surface area (Å²) in [6.45, 7) is 0. The molecule has 3 aromatic rings. The molecule has 2 aromatic carbocycles. The molecule has 0 spiro atoms. The summed E-state index contributed by atoms with van der Waals surface area (Å²) in [6, 6.07) is 14.2. The number of aromatic nitrogens is 2. The molecule has 0 saturated heterocycles. The summed E-state index contributed by atoms with van der Waals surface area (Å²) in [4.78, 5) is 4.33. The highest BCUT2D eigenvalue weighted by atomic mass is 35.5. The number of benzene rings is 2. The van der Waals surface area contributed by atoms with Crippen LogP contribution in [0.2, 0.25) is 5.02 Å². The summed E-state index contributed by atoms with van der Waals surface area (Å²) < 4.78 is 5.22. The highest BCUT2D eigenvalue weighted by Crippen LogP contribution is 2.22. The summed E-state index contributed by atoms with van der Waals surface area (Å²) in [7, 11) is 0. The summed E-state index contributed by atoms with van der Waals surface area (Å²) >= 11 is 6.10. The molecule has 0 atom stereocenters. The number of nitrogens with zero attached hydrogens (tertiary/aromatic N) is 2. The van der Waals surface area contributed by atoms with E-state index in [1.54, 1.807) is 24.3 Å². The van der Waals surface area contributed by atoms with Crippen LogP contribution >= 0.6 is 11.6 Å². The minimum atomic E-state index is 0.199. The maximum absolute atomic E-state index is 9.25. The van der Waals surface area contributed by atoms with Gasteiger partial charge in [0.25, 0.3) is 5.89 Å². The van der Waals surface area contributed by atoms with Crippen LogP contribution in [0, 0.1) is 0 Å². The fraction of sp³-hybridized carbons (Fsp3) is 0.0667. The van der Waals surface area contributed by atoms with Gasteiger partial charge in [-0.05, 0) is 35.9 Å². The number of hydrogen-bond acceptors (Lipinski definition) is 4. The van der Waals surface area contributed by atoms with Gasteiger partial charge in [0.15, 0.2) is 5.82 Å². The molecule has 0 aliphatic heterocycles. The molecule has 0 aliphatic rings. The van der Waals surface area contributed by atoms with E-state index in [1.807, 2.05) is 24.3 Å². The van der Waals surface area contributed by atoms with Gasteiger partial charge in [0.05, 0.1) is 0 Å². The minimum absolute atomic E-state index is 0.199. The first-order valence-corrected chi connectivity index (χ1v) is 6.45. The van der Waals surface area contributed by atoms with Gasteiger partial charge in [-0.15, -0.1) is 0 Å². The predicted molar refractivity (Wildman–Crippen MR) is 75.7 cm³/mol.